The largest absolute Gasteiger partial charge is 0.469 e. The van der Waals surface area contributed by atoms with Crippen LogP contribution in [0, 0.1) is 11.8 Å². The quantitative estimate of drug-likeness (QED) is 0.793. The standard InChI is InChI=1S/C16H20O4/c1-19-15(17)13-8-5-9-14(10-13)16(18)20-11-12-6-3-2-4-7-12/h2-4,6-7,13-14H,5,8-11H2,1H3/t13-,14-/m1/s1. The van der Waals surface area contributed by atoms with E-state index in [2.05, 4.69) is 0 Å². The Morgan fingerprint density at radius 1 is 1.10 bits per heavy atom. The first-order valence-corrected chi connectivity index (χ1v) is 6.99. The van der Waals surface area contributed by atoms with Crippen molar-refractivity contribution in [1.82, 2.24) is 0 Å². The molecule has 1 fully saturated rings. The number of ether oxygens (including phenoxy) is 2. The number of methoxy groups -OCH3 is 1. The van der Waals surface area contributed by atoms with Gasteiger partial charge in [0.15, 0.2) is 0 Å². The van der Waals surface area contributed by atoms with Gasteiger partial charge in [-0.15, -0.1) is 0 Å². The van der Waals surface area contributed by atoms with E-state index in [9.17, 15) is 9.59 Å². The molecule has 4 heteroatoms. The van der Waals surface area contributed by atoms with E-state index >= 15 is 0 Å². The van der Waals surface area contributed by atoms with Gasteiger partial charge in [-0.2, -0.15) is 0 Å². The van der Waals surface area contributed by atoms with Crippen LogP contribution in [0.3, 0.4) is 0 Å². The fraction of sp³-hybridized carbons (Fsp3) is 0.500. The Bertz CT molecular complexity index is 455. The number of rotatable bonds is 4. The number of hydrogen-bond acceptors (Lipinski definition) is 4. The Morgan fingerprint density at radius 3 is 2.40 bits per heavy atom. The molecule has 0 bridgehead atoms. The van der Waals surface area contributed by atoms with E-state index < -0.39 is 0 Å². The van der Waals surface area contributed by atoms with Crippen LogP contribution in [0.15, 0.2) is 30.3 Å². The predicted molar refractivity (Wildman–Crippen MR) is 73.7 cm³/mol. The summed E-state index contributed by atoms with van der Waals surface area (Å²) in [6.45, 7) is 0.291. The molecule has 1 saturated carbocycles. The third-order valence-electron chi connectivity index (χ3n) is 3.77. The summed E-state index contributed by atoms with van der Waals surface area (Å²) in [5.74, 6) is -0.771. The summed E-state index contributed by atoms with van der Waals surface area (Å²) in [4.78, 5) is 23.6. The molecule has 108 valence electrons. The van der Waals surface area contributed by atoms with Gasteiger partial charge < -0.3 is 9.47 Å². The van der Waals surface area contributed by atoms with Gasteiger partial charge in [0.25, 0.3) is 0 Å². The van der Waals surface area contributed by atoms with Gasteiger partial charge in [-0.3, -0.25) is 9.59 Å². The molecule has 4 nitrogen and oxygen atoms in total. The molecule has 1 aromatic rings. The van der Waals surface area contributed by atoms with Crippen LogP contribution >= 0.6 is 0 Å². The van der Waals surface area contributed by atoms with Crippen molar-refractivity contribution in [2.75, 3.05) is 7.11 Å². The van der Waals surface area contributed by atoms with Crippen LogP contribution in [0.25, 0.3) is 0 Å². The minimum atomic E-state index is -0.217. The first-order chi connectivity index (χ1) is 9.70. The topological polar surface area (TPSA) is 52.6 Å². The van der Waals surface area contributed by atoms with Gasteiger partial charge in [-0.05, 0) is 24.8 Å². The summed E-state index contributed by atoms with van der Waals surface area (Å²) in [6, 6.07) is 9.60. The van der Waals surface area contributed by atoms with Gasteiger partial charge in [0.05, 0.1) is 18.9 Å². The Hall–Kier alpha value is -1.84. The van der Waals surface area contributed by atoms with E-state index in [1.165, 1.54) is 7.11 Å². The van der Waals surface area contributed by atoms with Crippen LogP contribution in [-0.4, -0.2) is 19.0 Å². The zero-order valence-corrected chi connectivity index (χ0v) is 11.7. The lowest BCUT2D eigenvalue weighted by Gasteiger charge is -2.25. The second-order valence-electron chi connectivity index (χ2n) is 5.18. The Labute approximate surface area is 119 Å². The summed E-state index contributed by atoms with van der Waals surface area (Å²) in [6.07, 6.45) is 3.00. The van der Waals surface area contributed by atoms with Crippen molar-refractivity contribution in [3.05, 3.63) is 35.9 Å². The van der Waals surface area contributed by atoms with Crippen LogP contribution < -0.4 is 0 Å². The average molecular weight is 276 g/mol. The molecule has 0 radical (unpaired) electrons. The normalized spacial score (nSPS) is 22.1. The van der Waals surface area contributed by atoms with Crippen molar-refractivity contribution in [3.8, 4) is 0 Å². The number of carbonyl (C=O) groups is 2. The Morgan fingerprint density at radius 2 is 1.75 bits per heavy atom. The lowest BCUT2D eigenvalue weighted by Crippen LogP contribution is -2.29. The summed E-state index contributed by atoms with van der Waals surface area (Å²) >= 11 is 0. The van der Waals surface area contributed by atoms with E-state index in [4.69, 9.17) is 9.47 Å². The summed E-state index contributed by atoms with van der Waals surface area (Å²) in [5, 5.41) is 0. The van der Waals surface area contributed by atoms with Crippen molar-refractivity contribution in [2.45, 2.75) is 32.3 Å². The van der Waals surface area contributed by atoms with Crippen LogP contribution in [0.2, 0.25) is 0 Å². The first-order valence-electron chi connectivity index (χ1n) is 6.99. The molecule has 2 atom stereocenters. The SMILES string of the molecule is COC(=O)[C@@H]1CCC[C@@H](C(=O)OCc2ccccc2)C1. The summed E-state index contributed by atoms with van der Waals surface area (Å²) in [7, 11) is 1.39. The van der Waals surface area contributed by atoms with Crippen molar-refractivity contribution in [1.29, 1.82) is 0 Å². The van der Waals surface area contributed by atoms with Gasteiger partial charge in [-0.25, -0.2) is 0 Å². The van der Waals surface area contributed by atoms with E-state index in [1.54, 1.807) is 0 Å². The van der Waals surface area contributed by atoms with Crippen LogP contribution in [0.1, 0.15) is 31.2 Å². The molecule has 0 amide bonds. The third-order valence-corrected chi connectivity index (χ3v) is 3.77. The van der Waals surface area contributed by atoms with E-state index in [0.717, 1.165) is 24.8 Å². The molecule has 2 rings (SSSR count). The maximum absolute atomic E-state index is 12.1. The molecule has 0 N–H and O–H groups in total. The fourth-order valence-electron chi connectivity index (χ4n) is 2.63. The lowest BCUT2D eigenvalue weighted by molar-refractivity contribution is -0.154. The highest BCUT2D eigenvalue weighted by Gasteiger charge is 2.32. The van der Waals surface area contributed by atoms with Gasteiger partial charge in [-0.1, -0.05) is 36.8 Å². The summed E-state index contributed by atoms with van der Waals surface area (Å²) < 4.78 is 10.1. The highest BCUT2D eigenvalue weighted by molar-refractivity contribution is 5.76. The summed E-state index contributed by atoms with van der Waals surface area (Å²) in [5.41, 5.74) is 0.973. The number of benzene rings is 1. The zero-order valence-electron chi connectivity index (χ0n) is 11.7. The highest BCUT2D eigenvalue weighted by atomic mass is 16.5. The van der Waals surface area contributed by atoms with E-state index in [0.29, 0.717) is 13.0 Å². The maximum atomic E-state index is 12.1. The van der Waals surface area contributed by atoms with Crippen molar-refractivity contribution in [2.24, 2.45) is 11.8 Å². The van der Waals surface area contributed by atoms with Crippen LogP contribution in [0.5, 0.6) is 0 Å². The van der Waals surface area contributed by atoms with Crippen molar-refractivity contribution >= 4 is 11.9 Å². The van der Waals surface area contributed by atoms with Gasteiger partial charge in [0.2, 0.25) is 0 Å². The van der Waals surface area contributed by atoms with Crippen LogP contribution in [-0.2, 0) is 25.7 Å². The minimum absolute atomic E-state index is 0.164. The number of carbonyl (C=O) groups excluding carboxylic acids is 2. The molecule has 20 heavy (non-hydrogen) atoms. The monoisotopic (exact) mass is 276 g/mol. The second-order valence-corrected chi connectivity index (χ2v) is 5.18. The second kappa shape index (κ2) is 7.08. The maximum Gasteiger partial charge on any atom is 0.309 e. The third kappa shape index (κ3) is 3.83. The minimum Gasteiger partial charge on any atom is -0.469 e. The van der Waals surface area contributed by atoms with Crippen LogP contribution in [0.4, 0.5) is 0 Å². The van der Waals surface area contributed by atoms with Crippen molar-refractivity contribution in [3.63, 3.8) is 0 Å². The Balaban J connectivity index is 1.84. The highest BCUT2D eigenvalue weighted by Crippen LogP contribution is 2.30. The fourth-order valence-corrected chi connectivity index (χ4v) is 2.63. The van der Waals surface area contributed by atoms with E-state index in [-0.39, 0.29) is 23.8 Å². The average Bonchev–Trinajstić information content (AvgIpc) is 2.53. The number of hydrogen-bond donors (Lipinski definition) is 0. The molecule has 0 saturated heterocycles. The molecule has 1 aliphatic carbocycles. The molecule has 0 unspecified atom stereocenters. The smallest absolute Gasteiger partial charge is 0.309 e. The molecular weight excluding hydrogens is 256 g/mol. The Kier molecular flexibility index (Phi) is 5.16. The van der Waals surface area contributed by atoms with Gasteiger partial charge >= 0.3 is 11.9 Å². The molecule has 0 spiro atoms. The molecule has 0 aliphatic heterocycles. The number of esters is 2. The molecule has 0 aromatic heterocycles. The van der Waals surface area contributed by atoms with E-state index in [1.807, 2.05) is 30.3 Å². The zero-order chi connectivity index (χ0) is 14.4. The molecule has 1 aromatic carbocycles. The van der Waals surface area contributed by atoms with Crippen molar-refractivity contribution < 1.29 is 19.1 Å². The first kappa shape index (κ1) is 14.6. The molecule has 0 heterocycles. The van der Waals surface area contributed by atoms with Gasteiger partial charge in [0.1, 0.15) is 6.61 Å². The molecular formula is C16H20O4. The molecule has 1 aliphatic rings. The van der Waals surface area contributed by atoms with Gasteiger partial charge in [0, 0.05) is 0 Å². The lowest BCUT2D eigenvalue weighted by atomic mass is 9.81. The predicted octanol–water partition coefficient (Wildman–Crippen LogP) is 2.71.